The first kappa shape index (κ1) is 24.3. The van der Waals surface area contributed by atoms with Gasteiger partial charge in [-0.25, -0.2) is 18.5 Å². The molecule has 0 N–H and O–H groups in total. The standard InChI is InChI=1S/C22H31BrN4O2S/c1-8-27(6)15-24-20-13-19(23)21(26-16(20)2)29-17-10-9-11-18(12-17)30(7,28)25-14-22(3,4)5/h9-13,15H,8,14H2,1-7H3/b24-15-. The number of halogens is 1. The fourth-order valence-corrected chi connectivity index (χ4v) is 4.11. The summed E-state index contributed by atoms with van der Waals surface area (Å²) >= 11 is 3.52. The van der Waals surface area contributed by atoms with Crippen LogP contribution in [0.15, 0.2) is 49.1 Å². The van der Waals surface area contributed by atoms with E-state index in [4.69, 9.17) is 4.74 Å². The number of rotatable bonds is 7. The number of ether oxygens (including phenoxy) is 1. The van der Waals surface area contributed by atoms with Gasteiger partial charge in [0, 0.05) is 19.8 Å². The van der Waals surface area contributed by atoms with Crippen LogP contribution in [0.5, 0.6) is 11.6 Å². The smallest absolute Gasteiger partial charge is 0.233 e. The molecule has 1 heterocycles. The number of nitrogens with zero attached hydrogens (tertiary/aromatic N) is 4. The van der Waals surface area contributed by atoms with E-state index < -0.39 is 9.73 Å². The molecular formula is C22H31BrN4O2S. The maximum absolute atomic E-state index is 13.1. The molecule has 0 aliphatic heterocycles. The Morgan fingerprint density at radius 1 is 1.30 bits per heavy atom. The first-order valence-electron chi connectivity index (χ1n) is 9.79. The molecule has 0 saturated heterocycles. The third kappa shape index (κ3) is 7.09. The van der Waals surface area contributed by atoms with Crippen LogP contribution in [-0.4, -0.2) is 46.8 Å². The predicted octanol–water partition coefficient (Wildman–Crippen LogP) is 6.06. The van der Waals surface area contributed by atoms with Gasteiger partial charge < -0.3 is 9.64 Å². The second-order valence-electron chi connectivity index (χ2n) is 8.42. The highest BCUT2D eigenvalue weighted by Crippen LogP contribution is 2.33. The van der Waals surface area contributed by atoms with E-state index in [-0.39, 0.29) is 5.41 Å². The van der Waals surface area contributed by atoms with Crippen molar-refractivity contribution < 1.29 is 8.95 Å². The van der Waals surface area contributed by atoms with Gasteiger partial charge >= 0.3 is 0 Å². The fraction of sp³-hybridized carbons (Fsp3) is 0.455. The van der Waals surface area contributed by atoms with Gasteiger partial charge in [-0.2, -0.15) is 0 Å². The first-order chi connectivity index (χ1) is 13.9. The maximum Gasteiger partial charge on any atom is 0.233 e. The molecule has 0 saturated carbocycles. The zero-order valence-electron chi connectivity index (χ0n) is 18.8. The Morgan fingerprint density at radius 2 is 2.00 bits per heavy atom. The van der Waals surface area contributed by atoms with Crippen molar-refractivity contribution in [1.82, 2.24) is 9.88 Å². The number of benzene rings is 1. The summed E-state index contributed by atoms with van der Waals surface area (Å²) in [6.45, 7) is 11.6. The van der Waals surface area contributed by atoms with E-state index in [0.717, 1.165) is 17.9 Å². The number of hydrogen-bond donors (Lipinski definition) is 0. The summed E-state index contributed by atoms with van der Waals surface area (Å²) in [5.41, 5.74) is 1.50. The summed E-state index contributed by atoms with van der Waals surface area (Å²) < 4.78 is 24.2. The minimum absolute atomic E-state index is 0.0186. The van der Waals surface area contributed by atoms with E-state index in [1.807, 2.05) is 43.1 Å². The molecule has 6 nitrogen and oxygen atoms in total. The molecule has 30 heavy (non-hydrogen) atoms. The van der Waals surface area contributed by atoms with Gasteiger partial charge in [-0.15, -0.1) is 0 Å². The van der Waals surface area contributed by atoms with E-state index in [2.05, 4.69) is 58.0 Å². The van der Waals surface area contributed by atoms with Crippen molar-refractivity contribution >= 4 is 37.7 Å². The number of aliphatic imine (C=N–C) groups is 1. The summed E-state index contributed by atoms with van der Waals surface area (Å²) in [6.07, 6.45) is 3.44. The highest BCUT2D eigenvalue weighted by Gasteiger charge is 2.14. The Bertz CT molecular complexity index is 1040. The van der Waals surface area contributed by atoms with Crippen LogP contribution in [0, 0.1) is 12.3 Å². The zero-order chi connectivity index (χ0) is 22.5. The van der Waals surface area contributed by atoms with Gasteiger partial charge in [0.25, 0.3) is 0 Å². The highest BCUT2D eigenvalue weighted by molar-refractivity contribution is 9.10. The van der Waals surface area contributed by atoms with Crippen molar-refractivity contribution in [3.63, 3.8) is 0 Å². The zero-order valence-corrected chi connectivity index (χ0v) is 21.2. The van der Waals surface area contributed by atoms with Crippen molar-refractivity contribution in [2.75, 3.05) is 26.4 Å². The number of pyridine rings is 1. The molecule has 1 atom stereocenters. The van der Waals surface area contributed by atoms with E-state index in [1.54, 1.807) is 18.7 Å². The van der Waals surface area contributed by atoms with Crippen molar-refractivity contribution in [1.29, 1.82) is 0 Å². The average molecular weight is 495 g/mol. The Kier molecular flexibility index (Phi) is 8.05. The van der Waals surface area contributed by atoms with Crippen LogP contribution in [0.3, 0.4) is 0 Å². The minimum Gasteiger partial charge on any atom is -0.438 e. The molecule has 1 aromatic carbocycles. The maximum atomic E-state index is 13.1. The highest BCUT2D eigenvalue weighted by atomic mass is 79.9. The molecule has 164 valence electrons. The molecule has 1 aromatic heterocycles. The van der Waals surface area contributed by atoms with Gasteiger partial charge in [-0.05, 0) is 59.5 Å². The van der Waals surface area contributed by atoms with Crippen LogP contribution in [0.4, 0.5) is 5.69 Å². The summed E-state index contributed by atoms with van der Waals surface area (Å²) in [6, 6.07) is 9.09. The van der Waals surface area contributed by atoms with E-state index in [1.165, 1.54) is 0 Å². The van der Waals surface area contributed by atoms with Gasteiger partial charge in [0.15, 0.2) is 0 Å². The van der Waals surface area contributed by atoms with Crippen molar-refractivity contribution in [3.8, 4) is 11.6 Å². The normalized spacial score (nSPS) is 13.9. The molecule has 0 spiro atoms. The van der Waals surface area contributed by atoms with Crippen LogP contribution in [0.1, 0.15) is 33.4 Å². The monoisotopic (exact) mass is 494 g/mol. The van der Waals surface area contributed by atoms with Crippen molar-refractivity contribution in [3.05, 3.63) is 40.5 Å². The van der Waals surface area contributed by atoms with Gasteiger partial charge in [-0.3, -0.25) is 0 Å². The van der Waals surface area contributed by atoms with E-state index in [9.17, 15) is 4.21 Å². The number of aromatic nitrogens is 1. The first-order valence-corrected chi connectivity index (χ1v) is 12.5. The van der Waals surface area contributed by atoms with Gasteiger partial charge in [-0.1, -0.05) is 26.8 Å². The van der Waals surface area contributed by atoms with Crippen LogP contribution in [0.25, 0.3) is 0 Å². The largest absolute Gasteiger partial charge is 0.438 e. The Morgan fingerprint density at radius 3 is 2.63 bits per heavy atom. The molecule has 0 aliphatic rings. The van der Waals surface area contributed by atoms with Crippen molar-refractivity contribution in [2.24, 2.45) is 14.8 Å². The molecule has 0 aliphatic carbocycles. The summed E-state index contributed by atoms with van der Waals surface area (Å²) in [7, 11) is -0.549. The van der Waals surface area contributed by atoms with Crippen LogP contribution >= 0.6 is 15.9 Å². The van der Waals surface area contributed by atoms with Crippen LogP contribution in [0.2, 0.25) is 0 Å². The summed E-state index contributed by atoms with van der Waals surface area (Å²) in [5.74, 6) is 0.990. The van der Waals surface area contributed by atoms with Gasteiger partial charge in [0.1, 0.15) is 5.75 Å². The average Bonchev–Trinajstić information content (AvgIpc) is 2.67. The lowest BCUT2D eigenvalue weighted by molar-refractivity contribution is 0.430. The fourth-order valence-electron chi connectivity index (χ4n) is 2.27. The SMILES string of the molecule is CCN(C)/C=N\c1cc(Br)c(Oc2cccc(S(C)(=O)=NCC(C)(C)C)c2)nc1C. The van der Waals surface area contributed by atoms with E-state index in [0.29, 0.717) is 27.5 Å². The Hall–Kier alpha value is -1.93. The predicted molar refractivity (Wildman–Crippen MR) is 129 cm³/mol. The van der Waals surface area contributed by atoms with Crippen molar-refractivity contribution in [2.45, 2.75) is 39.5 Å². The molecule has 0 amide bonds. The molecule has 0 fully saturated rings. The minimum atomic E-state index is -2.51. The lowest BCUT2D eigenvalue weighted by atomic mass is 9.98. The van der Waals surface area contributed by atoms with Gasteiger partial charge in [0.05, 0.1) is 43.4 Å². The lowest BCUT2D eigenvalue weighted by Crippen LogP contribution is -2.14. The Labute approximate surface area is 189 Å². The molecule has 0 radical (unpaired) electrons. The quantitative estimate of drug-likeness (QED) is 0.346. The summed E-state index contributed by atoms with van der Waals surface area (Å²) in [4.78, 5) is 11.6. The van der Waals surface area contributed by atoms with Gasteiger partial charge in [0.2, 0.25) is 5.88 Å². The van der Waals surface area contributed by atoms with Crippen LogP contribution < -0.4 is 4.74 Å². The number of hydrogen-bond acceptors (Lipinski definition) is 5. The summed E-state index contributed by atoms with van der Waals surface area (Å²) in [5, 5.41) is 0. The molecular weight excluding hydrogens is 464 g/mol. The molecule has 1 unspecified atom stereocenters. The topological polar surface area (TPSA) is 67.2 Å². The third-order valence-corrected chi connectivity index (χ3v) is 6.56. The number of aryl methyl sites for hydroxylation is 1. The Balaban J connectivity index is 2.29. The molecule has 0 bridgehead atoms. The molecule has 8 heteroatoms. The second kappa shape index (κ2) is 9.92. The molecule has 2 rings (SSSR count). The second-order valence-corrected chi connectivity index (χ2v) is 11.6. The van der Waals surface area contributed by atoms with E-state index >= 15 is 0 Å². The molecule has 2 aromatic rings. The third-order valence-electron chi connectivity index (χ3n) is 4.24. The van der Waals surface area contributed by atoms with Crippen LogP contribution in [-0.2, 0) is 9.73 Å². The lowest BCUT2D eigenvalue weighted by Gasteiger charge is -2.16.